The van der Waals surface area contributed by atoms with Crippen molar-refractivity contribution in [3.63, 3.8) is 0 Å². The normalized spacial score (nSPS) is 13.9. The number of nitrogens with zero attached hydrogens (tertiary/aromatic N) is 7. The second-order valence-corrected chi connectivity index (χ2v) is 8.64. The lowest BCUT2D eigenvalue weighted by molar-refractivity contribution is 0.0697. The van der Waals surface area contributed by atoms with Gasteiger partial charge >= 0.3 is 5.97 Å². The van der Waals surface area contributed by atoms with Crippen LogP contribution in [0.4, 0.5) is 23.1 Å². The molecule has 5 rings (SSSR count). The summed E-state index contributed by atoms with van der Waals surface area (Å²) in [5.74, 6) is 0.144. The van der Waals surface area contributed by atoms with Crippen molar-refractivity contribution in [3.05, 3.63) is 48.7 Å². The van der Waals surface area contributed by atoms with Gasteiger partial charge in [-0.3, -0.25) is 9.36 Å². The van der Waals surface area contributed by atoms with Gasteiger partial charge in [0.2, 0.25) is 5.95 Å². The highest BCUT2D eigenvalue weighted by molar-refractivity contribution is 5.94. The fourth-order valence-electron chi connectivity index (χ4n) is 4.39. The van der Waals surface area contributed by atoms with E-state index in [1.807, 2.05) is 16.9 Å². The van der Waals surface area contributed by atoms with Crippen LogP contribution >= 0.6 is 0 Å². The molecule has 0 unspecified atom stereocenters. The smallest absolute Gasteiger partial charge is 0.341 e. The van der Waals surface area contributed by atoms with Gasteiger partial charge in [0.1, 0.15) is 11.9 Å². The third-order valence-corrected chi connectivity index (χ3v) is 6.14. The van der Waals surface area contributed by atoms with Crippen LogP contribution in [0.15, 0.2) is 43.1 Å². The minimum absolute atomic E-state index is 0.0816. The number of anilines is 4. The van der Waals surface area contributed by atoms with Gasteiger partial charge in [-0.05, 0) is 25.0 Å². The molecule has 12 nitrogen and oxygen atoms in total. The summed E-state index contributed by atoms with van der Waals surface area (Å²) in [4.78, 5) is 24.8. The Balaban J connectivity index is 1.43. The van der Waals surface area contributed by atoms with Crippen molar-refractivity contribution < 1.29 is 14.6 Å². The molecule has 1 saturated carbocycles. The van der Waals surface area contributed by atoms with E-state index in [-0.39, 0.29) is 17.3 Å². The molecule has 186 valence electrons. The molecule has 1 aliphatic rings. The highest BCUT2D eigenvalue weighted by atomic mass is 16.5. The Hall–Kier alpha value is -4.48. The molecule has 0 radical (unpaired) electrons. The molecule has 1 aliphatic carbocycles. The van der Waals surface area contributed by atoms with Gasteiger partial charge in [-0.25, -0.2) is 14.8 Å². The summed E-state index contributed by atoms with van der Waals surface area (Å²) in [5.41, 5.74) is 1.82. The molecule has 36 heavy (non-hydrogen) atoms. The Labute approximate surface area is 207 Å². The number of carbonyl (C=O) groups is 1. The summed E-state index contributed by atoms with van der Waals surface area (Å²) in [5, 5.41) is 24.8. The predicted molar refractivity (Wildman–Crippen MR) is 133 cm³/mol. The molecule has 4 aromatic rings. The van der Waals surface area contributed by atoms with Crippen molar-refractivity contribution in [1.29, 1.82) is 0 Å². The fraction of sp³-hybridized carbons (Fsp3) is 0.333. The van der Waals surface area contributed by atoms with Crippen LogP contribution in [0.25, 0.3) is 11.4 Å². The van der Waals surface area contributed by atoms with Gasteiger partial charge in [0, 0.05) is 19.4 Å². The van der Waals surface area contributed by atoms with Crippen LogP contribution in [0.1, 0.15) is 48.5 Å². The molecule has 0 spiro atoms. The number of aromatic carboxylic acids is 1. The molecule has 0 atom stereocenters. The van der Waals surface area contributed by atoms with Crippen LogP contribution in [0.3, 0.4) is 0 Å². The zero-order valence-electron chi connectivity index (χ0n) is 20.0. The third-order valence-electron chi connectivity index (χ3n) is 6.14. The number of ether oxygens (including phenoxy) is 1. The molecule has 1 fully saturated rings. The van der Waals surface area contributed by atoms with Gasteiger partial charge in [0.15, 0.2) is 17.4 Å². The number of benzene rings is 1. The standard InChI is InChI=1S/C24H27N9O3/c1-32-14-26-21(31-32)17-9-6-10-19(20(17)36-2)29-22-18(23(34)35)12-25-24(30-22)28-15-11-27-33(13-15)16-7-4-3-5-8-16/h6,9-14,16H,3-5,7-8H2,1-2H3,(H,34,35)(H2,25,28,29,30). The van der Waals surface area contributed by atoms with Crippen molar-refractivity contribution in [2.75, 3.05) is 17.7 Å². The maximum atomic E-state index is 11.9. The van der Waals surface area contributed by atoms with Gasteiger partial charge in [-0.15, -0.1) is 0 Å². The van der Waals surface area contributed by atoms with Crippen molar-refractivity contribution in [1.82, 2.24) is 34.5 Å². The van der Waals surface area contributed by atoms with E-state index in [1.165, 1.54) is 32.6 Å². The van der Waals surface area contributed by atoms with Crippen LogP contribution in [0.5, 0.6) is 5.75 Å². The van der Waals surface area contributed by atoms with Crippen molar-refractivity contribution in [2.24, 2.45) is 7.05 Å². The number of hydrogen-bond acceptors (Lipinski definition) is 9. The van der Waals surface area contributed by atoms with E-state index in [9.17, 15) is 9.90 Å². The van der Waals surface area contributed by atoms with E-state index in [1.54, 1.807) is 36.4 Å². The lowest BCUT2D eigenvalue weighted by Gasteiger charge is -2.21. The first-order chi connectivity index (χ1) is 17.5. The molecular weight excluding hydrogens is 462 g/mol. The second-order valence-electron chi connectivity index (χ2n) is 8.64. The molecule has 3 N–H and O–H groups in total. The summed E-state index contributed by atoms with van der Waals surface area (Å²) >= 11 is 0. The van der Waals surface area contributed by atoms with Gasteiger partial charge in [-0.1, -0.05) is 25.3 Å². The first kappa shape index (κ1) is 23.3. The lowest BCUT2D eigenvalue weighted by atomic mass is 9.96. The Kier molecular flexibility index (Phi) is 6.48. The van der Waals surface area contributed by atoms with E-state index in [0.29, 0.717) is 28.9 Å². The number of aryl methyl sites for hydroxylation is 1. The minimum Gasteiger partial charge on any atom is -0.494 e. The van der Waals surface area contributed by atoms with Crippen LogP contribution < -0.4 is 15.4 Å². The summed E-state index contributed by atoms with van der Waals surface area (Å²) < 4.78 is 9.20. The zero-order valence-corrected chi connectivity index (χ0v) is 20.0. The van der Waals surface area contributed by atoms with Crippen molar-refractivity contribution in [2.45, 2.75) is 38.1 Å². The average Bonchev–Trinajstić information content (AvgIpc) is 3.53. The fourth-order valence-corrected chi connectivity index (χ4v) is 4.39. The van der Waals surface area contributed by atoms with Crippen LogP contribution in [0.2, 0.25) is 0 Å². The molecule has 0 bridgehead atoms. The van der Waals surface area contributed by atoms with Crippen molar-refractivity contribution >= 4 is 29.1 Å². The second kappa shape index (κ2) is 10.0. The van der Waals surface area contributed by atoms with E-state index in [4.69, 9.17) is 4.74 Å². The lowest BCUT2D eigenvalue weighted by Crippen LogP contribution is -2.13. The largest absolute Gasteiger partial charge is 0.494 e. The summed E-state index contributed by atoms with van der Waals surface area (Å²) in [6, 6.07) is 5.79. The third kappa shape index (κ3) is 4.83. The highest BCUT2D eigenvalue weighted by Crippen LogP contribution is 2.37. The molecular formula is C24H27N9O3. The number of aromatic nitrogens is 7. The minimum atomic E-state index is -1.16. The van der Waals surface area contributed by atoms with Crippen molar-refractivity contribution in [3.8, 4) is 17.1 Å². The SMILES string of the molecule is COc1c(Nc2nc(Nc3cnn(C4CCCCC4)c3)ncc2C(=O)O)cccc1-c1ncn(C)n1. The van der Waals surface area contributed by atoms with Crippen LogP contribution in [0, 0.1) is 0 Å². The van der Waals surface area contributed by atoms with Crippen LogP contribution in [-0.4, -0.2) is 52.7 Å². The average molecular weight is 490 g/mol. The summed E-state index contributed by atoms with van der Waals surface area (Å²) in [7, 11) is 3.31. The summed E-state index contributed by atoms with van der Waals surface area (Å²) in [6.07, 6.45) is 12.5. The number of rotatable bonds is 8. The maximum Gasteiger partial charge on any atom is 0.341 e. The Morgan fingerprint density at radius 3 is 2.69 bits per heavy atom. The quantitative estimate of drug-likeness (QED) is 0.330. The molecule has 1 aromatic carbocycles. The van der Waals surface area contributed by atoms with Gasteiger partial charge < -0.3 is 20.5 Å². The molecule has 0 aliphatic heterocycles. The summed E-state index contributed by atoms with van der Waals surface area (Å²) in [6.45, 7) is 0. The van der Waals surface area contributed by atoms with Gasteiger partial charge in [0.25, 0.3) is 0 Å². The number of nitrogens with one attached hydrogen (secondary N) is 2. The number of carboxylic acids is 1. The van der Waals surface area contributed by atoms with E-state index in [2.05, 4.69) is 35.8 Å². The predicted octanol–water partition coefficient (Wildman–Crippen LogP) is 4.17. The van der Waals surface area contributed by atoms with E-state index in [0.717, 1.165) is 18.5 Å². The Morgan fingerprint density at radius 1 is 1.14 bits per heavy atom. The zero-order chi connectivity index (χ0) is 25.1. The highest BCUT2D eigenvalue weighted by Gasteiger charge is 2.20. The molecule has 0 amide bonds. The Bertz CT molecular complexity index is 1370. The number of hydrogen-bond donors (Lipinski definition) is 3. The van der Waals surface area contributed by atoms with E-state index >= 15 is 0 Å². The number of carboxylic acid groups (broad SMARTS) is 1. The first-order valence-electron chi connectivity index (χ1n) is 11.7. The topological polar surface area (TPSA) is 145 Å². The molecule has 3 heterocycles. The number of para-hydroxylation sites is 1. The van der Waals surface area contributed by atoms with E-state index < -0.39 is 5.97 Å². The first-order valence-corrected chi connectivity index (χ1v) is 11.7. The monoisotopic (exact) mass is 489 g/mol. The Morgan fingerprint density at radius 2 is 1.97 bits per heavy atom. The maximum absolute atomic E-state index is 11.9. The van der Waals surface area contributed by atoms with Gasteiger partial charge in [-0.2, -0.15) is 15.2 Å². The van der Waals surface area contributed by atoms with Gasteiger partial charge in [0.05, 0.1) is 36.3 Å². The molecule has 0 saturated heterocycles. The molecule has 12 heteroatoms. The molecule has 3 aromatic heterocycles. The van der Waals surface area contributed by atoms with Crippen LogP contribution in [-0.2, 0) is 7.05 Å². The number of methoxy groups -OCH3 is 1.